The minimum Gasteiger partial charge on any atom is -0.332 e. The fourth-order valence-electron chi connectivity index (χ4n) is 1.19. The van der Waals surface area contributed by atoms with E-state index in [0.717, 1.165) is 12.4 Å². The third kappa shape index (κ3) is 2.41. The fraction of sp³-hybridized carbons (Fsp3) is 0.111. The quantitative estimate of drug-likeness (QED) is 0.859. The predicted octanol–water partition coefficient (Wildman–Crippen LogP) is 1.05. The molecule has 0 bridgehead atoms. The average Bonchev–Trinajstić information content (AvgIpc) is 2.69. The van der Waals surface area contributed by atoms with E-state index in [1.807, 2.05) is 0 Å². The molecule has 0 aromatic carbocycles. The average molecular weight is 256 g/mol. The van der Waals surface area contributed by atoms with Crippen molar-refractivity contribution in [2.75, 3.05) is 4.72 Å². The van der Waals surface area contributed by atoms with E-state index < -0.39 is 15.8 Å². The van der Waals surface area contributed by atoms with Gasteiger partial charge in [0.05, 0.1) is 18.1 Å². The van der Waals surface area contributed by atoms with Crippen LogP contribution in [0, 0.1) is 12.7 Å². The zero-order valence-corrected chi connectivity index (χ0v) is 9.62. The van der Waals surface area contributed by atoms with E-state index in [4.69, 9.17) is 0 Å². The number of sulfonamides is 1. The van der Waals surface area contributed by atoms with Crippen molar-refractivity contribution in [2.45, 2.75) is 11.9 Å². The Balaban J connectivity index is 2.33. The van der Waals surface area contributed by atoms with Gasteiger partial charge in [-0.25, -0.2) is 9.37 Å². The lowest BCUT2D eigenvalue weighted by Gasteiger charge is -2.06. The van der Waals surface area contributed by atoms with Crippen LogP contribution in [0.5, 0.6) is 0 Å². The number of aromatic nitrogens is 3. The van der Waals surface area contributed by atoms with E-state index in [-0.39, 0.29) is 10.7 Å². The molecule has 2 aromatic rings. The second kappa shape index (κ2) is 4.13. The first-order valence-electron chi connectivity index (χ1n) is 4.63. The van der Waals surface area contributed by atoms with Crippen LogP contribution in [-0.2, 0) is 10.0 Å². The van der Waals surface area contributed by atoms with Crippen LogP contribution in [0.3, 0.4) is 0 Å². The van der Waals surface area contributed by atoms with Gasteiger partial charge in [-0.15, -0.1) is 0 Å². The van der Waals surface area contributed by atoms with Gasteiger partial charge in [-0.05, 0) is 13.0 Å². The van der Waals surface area contributed by atoms with Crippen LogP contribution < -0.4 is 4.72 Å². The van der Waals surface area contributed by atoms with Crippen molar-refractivity contribution < 1.29 is 12.8 Å². The Bertz CT molecular complexity index is 638. The van der Waals surface area contributed by atoms with E-state index in [1.54, 1.807) is 6.92 Å². The molecular weight excluding hydrogens is 247 g/mol. The van der Waals surface area contributed by atoms with Crippen LogP contribution in [0.25, 0.3) is 0 Å². The van der Waals surface area contributed by atoms with E-state index >= 15 is 0 Å². The number of halogens is 1. The number of hydrogen-bond acceptors (Lipinski definition) is 4. The predicted molar refractivity (Wildman–Crippen MR) is 58.3 cm³/mol. The molecule has 0 aliphatic carbocycles. The van der Waals surface area contributed by atoms with Gasteiger partial charge in [0.1, 0.15) is 5.82 Å². The normalized spacial score (nSPS) is 11.4. The van der Waals surface area contributed by atoms with Gasteiger partial charge in [-0.2, -0.15) is 8.42 Å². The number of aromatic amines is 1. The summed E-state index contributed by atoms with van der Waals surface area (Å²) in [5.41, 5.74) is -0.160. The molecule has 0 saturated heterocycles. The van der Waals surface area contributed by atoms with Crippen LogP contribution in [0.15, 0.2) is 29.7 Å². The second-order valence-corrected chi connectivity index (χ2v) is 4.94. The van der Waals surface area contributed by atoms with E-state index in [0.29, 0.717) is 5.82 Å². The number of H-pyrrole nitrogens is 1. The summed E-state index contributed by atoms with van der Waals surface area (Å²) in [4.78, 5) is 9.84. The van der Waals surface area contributed by atoms with Gasteiger partial charge in [0, 0.05) is 6.20 Å². The van der Waals surface area contributed by atoms with Crippen molar-refractivity contribution in [1.82, 2.24) is 15.0 Å². The number of imidazole rings is 1. The molecule has 0 saturated carbocycles. The number of nitrogens with zero attached hydrogens (tertiary/aromatic N) is 2. The lowest BCUT2D eigenvalue weighted by Crippen LogP contribution is -2.14. The maximum absolute atomic E-state index is 13.2. The number of aryl methyl sites for hydroxylation is 1. The standard InChI is InChI=1S/C9H9FN4O2S/c1-6-12-5-9(13-6)17(15,16)14-8-2-3-11-4-7(8)10/h2-5H,1H3,(H,11,14)(H,12,13). The highest BCUT2D eigenvalue weighted by Gasteiger charge is 2.18. The number of rotatable bonds is 3. The van der Waals surface area contributed by atoms with Crippen LogP contribution in [0.4, 0.5) is 10.1 Å². The molecule has 2 aromatic heterocycles. The summed E-state index contributed by atoms with van der Waals surface area (Å²) in [6.45, 7) is 1.62. The van der Waals surface area contributed by atoms with Crippen molar-refractivity contribution in [3.8, 4) is 0 Å². The summed E-state index contributed by atoms with van der Waals surface area (Å²) in [5, 5.41) is -0.119. The summed E-state index contributed by atoms with van der Waals surface area (Å²) in [7, 11) is -3.85. The first-order valence-corrected chi connectivity index (χ1v) is 6.11. The second-order valence-electron chi connectivity index (χ2n) is 3.29. The summed E-state index contributed by atoms with van der Waals surface area (Å²) in [6.07, 6.45) is 3.38. The number of anilines is 1. The Morgan fingerprint density at radius 2 is 2.18 bits per heavy atom. The third-order valence-corrected chi connectivity index (χ3v) is 3.26. The van der Waals surface area contributed by atoms with Gasteiger partial charge in [0.25, 0.3) is 10.0 Å². The first-order chi connectivity index (χ1) is 7.99. The lowest BCUT2D eigenvalue weighted by atomic mass is 10.4. The molecule has 2 N–H and O–H groups in total. The smallest absolute Gasteiger partial charge is 0.279 e. The summed E-state index contributed by atoms with van der Waals surface area (Å²) < 4.78 is 38.9. The van der Waals surface area contributed by atoms with Crippen LogP contribution in [-0.4, -0.2) is 23.4 Å². The molecule has 2 rings (SSSR count). The molecule has 90 valence electrons. The highest BCUT2D eigenvalue weighted by molar-refractivity contribution is 7.92. The molecule has 0 amide bonds. The SMILES string of the molecule is Cc1ncc(S(=O)(=O)Nc2ccncc2F)[nH]1. The Morgan fingerprint density at radius 3 is 2.76 bits per heavy atom. The molecule has 0 fully saturated rings. The summed E-state index contributed by atoms with van der Waals surface area (Å²) in [5.74, 6) is -0.284. The largest absolute Gasteiger partial charge is 0.332 e. The van der Waals surface area contributed by atoms with Crippen molar-refractivity contribution in [3.05, 3.63) is 36.3 Å². The molecule has 2 heterocycles. The molecule has 0 atom stereocenters. The monoisotopic (exact) mass is 256 g/mol. The molecule has 17 heavy (non-hydrogen) atoms. The summed E-state index contributed by atoms with van der Waals surface area (Å²) in [6, 6.07) is 1.23. The third-order valence-electron chi connectivity index (χ3n) is 1.99. The van der Waals surface area contributed by atoms with Crippen molar-refractivity contribution in [2.24, 2.45) is 0 Å². The van der Waals surface area contributed by atoms with E-state index in [1.165, 1.54) is 12.3 Å². The zero-order valence-electron chi connectivity index (χ0n) is 8.81. The van der Waals surface area contributed by atoms with Gasteiger partial charge in [-0.3, -0.25) is 9.71 Å². The molecule has 0 spiro atoms. The van der Waals surface area contributed by atoms with Crippen molar-refractivity contribution in [1.29, 1.82) is 0 Å². The fourth-order valence-corrected chi connectivity index (χ4v) is 2.23. The summed E-state index contributed by atoms with van der Waals surface area (Å²) >= 11 is 0. The number of pyridine rings is 1. The number of nitrogens with one attached hydrogen (secondary N) is 2. The molecule has 6 nitrogen and oxygen atoms in total. The Morgan fingerprint density at radius 1 is 1.41 bits per heavy atom. The minimum atomic E-state index is -3.85. The maximum atomic E-state index is 13.2. The Kier molecular flexibility index (Phi) is 2.80. The number of hydrogen-bond donors (Lipinski definition) is 2. The van der Waals surface area contributed by atoms with Crippen LogP contribution in [0.1, 0.15) is 5.82 Å². The van der Waals surface area contributed by atoms with Gasteiger partial charge in [0.15, 0.2) is 10.8 Å². The minimum absolute atomic E-state index is 0.119. The topological polar surface area (TPSA) is 87.7 Å². The molecule has 0 aliphatic rings. The maximum Gasteiger partial charge on any atom is 0.279 e. The van der Waals surface area contributed by atoms with Gasteiger partial charge < -0.3 is 4.98 Å². The molecule has 0 aliphatic heterocycles. The van der Waals surface area contributed by atoms with Gasteiger partial charge in [0.2, 0.25) is 0 Å². The van der Waals surface area contributed by atoms with E-state index in [2.05, 4.69) is 19.7 Å². The zero-order chi connectivity index (χ0) is 12.5. The molecule has 8 heteroatoms. The first kappa shape index (κ1) is 11.5. The molecular formula is C9H9FN4O2S. The Hall–Kier alpha value is -1.96. The highest BCUT2D eigenvalue weighted by Crippen LogP contribution is 2.16. The highest BCUT2D eigenvalue weighted by atomic mass is 32.2. The van der Waals surface area contributed by atoms with Gasteiger partial charge in [-0.1, -0.05) is 0 Å². The molecule has 0 unspecified atom stereocenters. The molecule has 0 radical (unpaired) electrons. The van der Waals surface area contributed by atoms with Crippen molar-refractivity contribution >= 4 is 15.7 Å². The Labute approximate surface area is 97.0 Å². The van der Waals surface area contributed by atoms with Crippen LogP contribution in [0.2, 0.25) is 0 Å². The van der Waals surface area contributed by atoms with E-state index in [9.17, 15) is 12.8 Å². The van der Waals surface area contributed by atoms with Crippen molar-refractivity contribution in [3.63, 3.8) is 0 Å². The van der Waals surface area contributed by atoms with Crippen LogP contribution >= 0.6 is 0 Å². The van der Waals surface area contributed by atoms with Gasteiger partial charge >= 0.3 is 0 Å². The lowest BCUT2D eigenvalue weighted by molar-refractivity contribution is 0.595.